The summed E-state index contributed by atoms with van der Waals surface area (Å²) in [6.07, 6.45) is -10.6. The van der Waals surface area contributed by atoms with E-state index in [2.05, 4.69) is 11.3 Å². The number of aliphatic hydroxyl groups is 1. The van der Waals surface area contributed by atoms with Crippen LogP contribution in [0, 0.1) is 0 Å². The fourth-order valence-electron chi connectivity index (χ4n) is 1.05. The number of esters is 1. The lowest BCUT2D eigenvalue weighted by Crippen LogP contribution is -2.65. The Balaban J connectivity index is 5.75. The summed E-state index contributed by atoms with van der Waals surface area (Å²) < 4.78 is 117. The predicted octanol–water partition coefficient (Wildman–Crippen LogP) is 2.93. The molecule has 0 aromatic heterocycles. The van der Waals surface area contributed by atoms with Crippen LogP contribution in [-0.2, 0) is 9.53 Å². The van der Waals surface area contributed by atoms with Crippen LogP contribution in [-0.4, -0.2) is 47.7 Å². The van der Waals surface area contributed by atoms with Gasteiger partial charge in [-0.05, 0) is 6.92 Å². The zero-order chi connectivity index (χ0) is 18.1. The molecule has 1 unspecified atom stereocenters. The molecule has 0 aliphatic heterocycles. The van der Waals surface area contributed by atoms with E-state index in [4.69, 9.17) is 5.11 Å². The lowest BCUT2D eigenvalue weighted by molar-refractivity contribution is -0.406. The Labute approximate surface area is 117 Å². The van der Waals surface area contributed by atoms with Gasteiger partial charge in [0.1, 0.15) is 0 Å². The van der Waals surface area contributed by atoms with E-state index in [0.717, 1.165) is 6.92 Å². The SMILES string of the molecule is C=C(C)C(=O)OC(CO)C(F)(F)C(F)(F)C(F)(F)C(F)(F)F. The third kappa shape index (κ3) is 3.31. The topological polar surface area (TPSA) is 46.5 Å². The van der Waals surface area contributed by atoms with Crippen LogP contribution in [0.1, 0.15) is 6.92 Å². The van der Waals surface area contributed by atoms with Gasteiger partial charge in [0.05, 0.1) is 6.61 Å². The highest BCUT2D eigenvalue weighted by Gasteiger charge is 2.83. The Kier molecular flexibility index (Phi) is 5.57. The Bertz CT molecular complexity index is 441. The van der Waals surface area contributed by atoms with Crippen molar-refractivity contribution in [3.63, 3.8) is 0 Å². The molecular weight excluding hydrogens is 339 g/mol. The summed E-state index contributed by atoms with van der Waals surface area (Å²) >= 11 is 0. The second kappa shape index (κ2) is 5.97. The van der Waals surface area contributed by atoms with Gasteiger partial charge in [-0.15, -0.1) is 0 Å². The molecule has 3 nitrogen and oxygen atoms in total. The number of carbonyl (C=O) groups is 1. The first-order chi connectivity index (χ1) is 9.54. The maximum atomic E-state index is 13.3. The fourth-order valence-corrected chi connectivity index (χ4v) is 1.05. The highest BCUT2D eigenvalue weighted by atomic mass is 19.4. The molecule has 0 bridgehead atoms. The third-order valence-electron chi connectivity index (χ3n) is 2.34. The summed E-state index contributed by atoms with van der Waals surface area (Å²) in [6, 6.07) is 0. The van der Waals surface area contributed by atoms with Crippen LogP contribution in [0.25, 0.3) is 0 Å². The summed E-state index contributed by atoms with van der Waals surface area (Å²) in [6.45, 7) is 1.59. The maximum Gasteiger partial charge on any atom is 0.460 e. The molecule has 0 aromatic carbocycles. The molecule has 0 saturated carbocycles. The van der Waals surface area contributed by atoms with Gasteiger partial charge in [0.25, 0.3) is 0 Å². The smallest absolute Gasteiger partial charge is 0.450 e. The monoisotopic (exact) mass is 348 g/mol. The Morgan fingerprint density at radius 2 is 1.45 bits per heavy atom. The van der Waals surface area contributed by atoms with Crippen LogP contribution in [0.3, 0.4) is 0 Å². The van der Waals surface area contributed by atoms with Crippen molar-refractivity contribution in [2.24, 2.45) is 0 Å². The van der Waals surface area contributed by atoms with E-state index in [9.17, 15) is 44.3 Å². The average molecular weight is 348 g/mol. The minimum Gasteiger partial charge on any atom is -0.450 e. The Hall–Kier alpha value is -1.46. The van der Waals surface area contributed by atoms with Gasteiger partial charge in [0.2, 0.25) is 0 Å². The van der Waals surface area contributed by atoms with Crippen molar-refractivity contribution in [2.45, 2.75) is 37.0 Å². The second-order valence-corrected chi connectivity index (χ2v) is 4.13. The van der Waals surface area contributed by atoms with Gasteiger partial charge in [-0.2, -0.15) is 39.5 Å². The molecule has 12 heteroatoms. The highest BCUT2D eigenvalue weighted by molar-refractivity contribution is 5.87. The molecule has 1 atom stereocenters. The van der Waals surface area contributed by atoms with Crippen LogP contribution in [0.5, 0.6) is 0 Å². The molecule has 22 heavy (non-hydrogen) atoms. The first-order valence-corrected chi connectivity index (χ1v) is 5.21. The van der Waals surface area contributed by atoms with Crippen molar-refractivity contribution in [2.75, 3.05) is 6.61 Å². The van der Waals surface area contributed by atoms with Gasteiger partial charge in [-0.3, -0.25) is 0 Å². The summed E-state index contributed by atoms with van der Waals surface area (Å²) in [7, 11) is 0. The van der Waals surface area contributed by atoms with Crippen molar-refractivity contribution in [3.05, 3.63) is 12.2 Å². The number of aliphatic hydroxyl groups excluding tert-OH is 1. The van der Waals surface area contributed by atoms with Crippen molar-refractivity contribution >= 4 is 5.97 Å². The van der Waals surface area contributed by atoms with E-state index in [1.165, 1.54) is 0 Å². The molecule has 0 aromatic rings. The summed E-state index contributed by atoms with van der Waals surface area (Å²) in [5.74, 6) is -22.1. The lowest BCUT2D eigenvalue weighted by Gasteiger charge is -2.36. The van der Waals surface area contributed by atoms with E-state index < -0.39 is 48.2 Å². The van der Waals surface area contributed by atoms with E-state index in [0.29, 0.717) is 0 Å². The third-order valence-corrected chi connectivity index (χ3v) is 2.34. The van der Waals surface area contributed by atoms with Crippen LogP contribution in [0.4, 0.5) is 39.5 Å². The minimum absolute atomic E-state index is 0.639. The van der Waals surface area contributed by atoms with Crippen LogP contribution in [0.2, 0.25) is 0 Å². The number of ether oxygens (including phenoxy) is 1. The zero-order valence-electron chi connectivity index (χ0n) is 10.7. The van der Waals surface area contributed by atoms with Gasteiger partial charge in [-0.25, -0.2) is 4.79 Å². The standard InChI is InChI=1S/C10H9F9O3/c1-4(2)6(21)22-5(3-20)7(11,12)8(13,14)9(15,16)10(17,18)19/h5,20H,1,3H2,2H3. The van der Waals surface area contributed by atoms with E-state index in [1.54, 1.807) is 0 Å². The number of carbonyl (C=O) groups excluding carboxylic acids is 1. The highest BCUT2D eigenvalue weighted by Crippen LogP contribution is 2.54. The van der Waals surface area contributed by atoms with Gasteiger partial charge in [0.15, 0.2) is 6.10 Å². The van der Waals surface area contributed by atoms with Crippen LogP contribution < -0.4 is 0 Å². The molecule has 0 rings (SSSR count). The van der Waals surface area contributed by atoms with Crippen molar-refractivity contribution in [3.8, 4) is 0 Å². The van der Waals surface area contributed by atoms with Gasteiger partial charge >= 0.3 is 29.9 Å². The molecule has 0 fully saturated rings. The van der Waals surface area contributed by atoms with E-state index in [-0.39, 0.29) is 0 Å². The van der Waals surface area contributed by atoms with E-state index in [1.807, 2.05) is 0 Å². The van der Waals surface area contributed by atoms with Crippen LogP contribution >= 0.6 is 0 Å². The number of halogens is 9. The average Bonchev–Trinajstić information content (AvgIpc) is 2.33. The quantitative estimate of drug-likeness (QED) is 0.456. The van der Waals surface area contributed by atoms with Gasteiger partial charge in [0, 0.05) is 5.57 Å². The molecular formula is C10H9F9O3. The summed E-state index contributed by atoms with van der Waals surface area (Å²) in [5.41, 5.74) is -0.639. The molecule has 0 amide bonds. The Morgan fingerprint density at radius 1 is 1.05 bits per heavy atom. The fraction of sp³-hybridized carbons (Fsp3) is 0.700. The first-order valence-electron chi connectivity index (χ1n) is 5.21. The zero-order valence-corrected chi connectivity index (χ0v) is 10.7. The molecule has 0 heterocycles. The van der Waals surface area contributed by atoms with Crippen molar-refractivity contribution in [1.29, 1.82) is 0 Å². The lowest BCUT2D eigenvalue weighted by atomic mass is 9.99. The largest absolute Gasteiger partial charge is 0.460 e. The predicted molar refractivity (Wildman–Crippen MR) is 52.7 cm³/mol. The minimum atomic E-state index is -7.13. The normalized spacial score (nSPS) is 15.4. The molecule has 0 radical (unpaired) electrons. The molecule has 0 saturated heterocycles. The van der Waals surface area contributed by atoms with Gasteiger partial charge in [-0.1, -0.05) is 6.58 Å². The number of alkyl halides is 9. The maximum absolute atomic E-state index is 13.3. The van der Waals surface area contributed by atoms with Crippen molar-refractivity contribution < 1.29 is 54.2 Å². The van der Waals surface area contributed by atoms with Crippen molar-refractivity contribution in [1.82, 2.24) is 0 Å². The number of rotatable bonds is 6. The molecule has 0 aliphatic carbocycles. The first kappa shape index (κ1) is 20.5. The summed E-state index contributed by atoms with van der Waals surface area (Å²) in [5, 5.41) is 8.48. The number of hydrogen-bond acceptors (Lipinski definition) is 3. The summed E-state index contributed by atoms with van der Waals surface area (Å²) in [4.78, 5) is 10.9. The van der Waals surface area contributed by atoms with Gasteiger partial charge < -0.3 is 9.84 Å². The van der Waals surface area contributed by atoms with E-state index >= 15 is 0 Å². The Morgan fingerprint density at radius 3 is 1.73 bits per heavy atom. The molecule has 130 valence electrons. The molecule has 0 aliphatic rings. The number of hydrogen-bond donors (Lipinski definition) is 1. The molecule has 0 spiro atoms. The van der Waals surface area contributed by atoms with Crippen LogP contribution in [0.15, 0.2) is 12.2 Å². The molecule has 1 N–H and O–H groups in total. The second-order valence-electron chi connectivity index (χ2n) is 4.13.